The van der Waals surface area contributed by atoms with E-state index in [2.05, 4.69) is 6.92 Å². The fourth-order valence-electron chi connectivity index (χ4n) is 1.42. The van der Waals surface area contributed by atoms with Gasteiger partial charge < -0.3 is 5.73 Å². The highest BCUT2D eigenvalue weighted by atomic mass is 16.2. The van der Waals surface area contributed by atoms with E-state index in [1.54, 1.807) is 4.90 Å². The Morgan fingerprint density at radius 2 is 1.93 bits per heavy atom. The van der Waals surface area contributed by atoms with Crippen LogP contribution in [0.2, 0.25) is 0 Å². The Balaban J connectivity index is 2.62. The molecule has 1 aromatic carbocycles. The molecule has 15 heavy (non-hydrogen) atoms. The number of hydrogen-bond acceptors (Lipinski definition) is 1. The number of nitrogens with zero attached hydrogens (tertiary/aromatic N) is 1. The fourth-order valence-corrected chi connectivity index (χ4v) is 1.42. The minimum Gasteiger partial charge on any atom is -0.351 e. The highest BCUT2D eigenvalue weighted by molar-refractivity contribution is 5.90. The van der Waals surface area contributed by atoms with Crippen molar-refractivity contribution in [2.24, 2.45) is 5.73 Å². The van der Waals surface area contributed by atoms with Crippen LogP contribution in [-0.2, 0) is 0 Å². The lowest BCUT2D eigenvalue weighted by Crippen LogP contribution is -2.36. The predicted octanol–water partition coefficient (Wildman–Crippen LogP) is 2.58. The topological polar surface area (TPSA) is 46.3 Å². The van der Waals surface area contributed by atoms with Gasteiger partial charge in [0.05, 0.1) is 0 Å². The quantitative estimate of drug-likeness (QED) is 0.738. The largest absolute Gasteiger partial charge is 0.351 e. The molecular formula is C12H17N2O. The van der Waals surface area contributed by atoms with Crippen LogP contribution in [0.1, 0.15) is 19.3 Å². The van der Waals surface area contributed by atoms with Crippen molar-refractivity contribution in [1.82, 2.24) is 0 Å². The summed E-state index contributed by atoms with van der Waals surface area (Å²) in [6.07, 6.45) is 2.83. The van der Waals surface area contributed by atoms with Crippen LogP contribution in [0.5, 0.6) is 0 Å². The smallest absolute Gasteiger partial charge is 0.319 e. The monoisotopic (exact) mass is 205 g/mol. The van der Waals surface area contributed by atoms with Crippen molar-refractivity contribution in [2.75, 3.05) is 11.4 Å². The maximum atomic E-state index is 11.2. The van der Waals surface area contributed by atoms with E-state index in [0.717, 1.165) is 24.9 Å². The molecule has 1 aromatic rings. The number of nitrogens with two attached hydrogens (primary N) is 1. The molecule has 1 radical (unpaired) electrons. The van der Waals surface area contributed by atoms with Gasteiger partial charge in [0.1, 0.15) is 0 Å². The third kappa shape index (κ3) is 3.62. The van der Waals surface area contributed by atoms with Crippen molar-refractivity contribution in [2.45, 2.75) is 19.3 Å². The van der Waals surface area contributed by atoms with E-state index in [0.29, 0.717) is 6.54 Å². The number of para-hydroxylation sites is 1. The molecular weight excluding hydrogens is 188 g/mol. The van der Waals surface area contributed by atoms with Crippen LogP contribution in [0, 0.1) is 6.92 Å². The van der Waals surface area contributed by atoms with Gasteiger partial charge in [-0.05, 0) is 18.6 Å². The second-order valence-corrected chi connectivity index (χ2v) is 3.39. The predicted molar refractivity (Wildman–Crippen MR) is 62.6 cm³/mol. The normalized spacial score (nSPS) is 9.93. The number of unbranched alkanes of at least 4 members (excludes halogenated alkanes) is 2. The fraction of sp³-hybridized carbons (Fsp3) is 0.333. The van der Waals surface area contributed by atoms with Gasteiger partial charge in [-0.2, -0.15) is 0 Å². The van der Waals surface area contributed by atoms with Crippen LogP contribution in [0.3, 0.4) is 0 Å². The molecule has 0 unspecified atom stereocenters. The average Bonchev–Trinajstić information content (AvgIpc) is 2.25. The van der Waals surface area contributed by atoms with E-state index >= 15 is 0 Å². The molecule has 0 aliphatic carbocycles. The van der Waals surface area contributed by atoms with Crippen molar-refractivity contribution in [3.05, 3.63) is 37.3 Å². The van der Waals surface area contributed by atoms with Crippen LogP contribution in [0.25, 0.3) is 0 Å². The molecule has 0 fully saturated rings. The van der Waals surface area contributed by atoms with Crippen LogP contribution < -0.4 is 10.6 Å². The molecule has 2 amide bonds. The lowest BCUT2D eigenvalue weighted by Gasteiger charge is -2.20. The molecule has 0 aliphatic heterocycles. The van der Waals surface area contributed by atoms with Crippen molar-refractivity contribution in [3.63, 3.8) is 0 Å². The van der Waals surface area contributed by atoms with Crippen LogP contribution in [0.4, 0.5) is 10.5 Å². The van der Waals surface area contributed by atoms with E-state index in [1.165, 1.54) is 0 Å². The van der Waals surface area contributed by atoms with Gasteiger partial charge in [-0.3, -0.25) is 4.90 Å². The second-order valence-electron chi connectivity index (χ2n) is 3.39. The SMILES string of the molecule is [CH2]CCCCN(C(N)=O)c1ccccc1. The van der Waals surface area contributed by atoms with E-state index in [9.17, 15) is 4.79 Å². The number of carbonyl (C=O) groups excluding carboxylic acids is 1. The molecule has 3 nitrogen and oxygen atoms in total. The number of primary amides is 1. The molecule has 81 valence electrons. The van der Waals surface area contributed by atoms with Crippen LogP contribution in [-0.4, -0.2) is 12.6 Å². The minimum absolute atomic E-state index is 0.398. The number of amides is 2. The zero-order chi connectivity index (χ0) is 11.1. The molecule has 0 atom stereocenters. The van der Waals surface area contributed by atoms with Crippen molar-refractivity contribution in [1.29, 1.82) is 0 Å². The summed E-state index contributed by atoms with van der Waals surface area (Å²) in [4.78, 5) is 12.8. The van der Waals surface area contributed by atoms with E-state index in [4.69, 9.17) is 5.73 Å². The third-order valence-corrected chi connectivity index (χ3v) is 2.22. The molecule has 0 aromatic heterocycles. The number of urea groups is 1. The minimum atomic E-state index is -0.398. The summed E-state index contributed by atoms with van der Waals surface area (Å²) in [5.74, 6) is 0. The number of rotatable bonds is 5. The van der Waals surface area contributed by atoms with Gasteiger partial charge in [0.15, 0.2) is 0 Å². The Labute approximate surface area is 90.9 Å². The average molecular weight is 205 g/mol. The second kappa shape index (κ2) is 6.06. The molecule has 0 saturated heterocycles. The van der Waals surface area contributed by atoms with Crippen molar-refractivity contribution in [3.8, 4) is 0 Å². The van der Waals surface area contributed by atoms with Crippen LogP contribution in [0.15, 0.2) is 30.3 Å². The number of anilines is 1. The molecule has 0 heterocycles. The summed E-state index contributed by atoms with van der Waals surface area (Å²) in [5.41, 5.74) is 6.18. The molecule has 3 heteroatoms. The van der Waals surface area contributed by atoms with Crippen LogP contribution >= 0.6 is 0 Å². The molecule has 0 bridgehead atoms. The maximum absolute atomic E-state index is 11.2. The number of carbonyl (C=O) groups is 1. The molecule has 0 saturated carbocycles. The summed E-state index contributed by atoms with van der Waals surface area (Å²) in [5, 5.41) is 0. The lowest BCUT2D eigenvalue weighted by molar-refractivity contribution is 0.254. The lowest BCUT2D eigenvalue weighted by atomic mass is 10.2. The first-order valence-electron chi connectivity index (χ1n) is 5.17. The molecule has 0 spiro atoms. The van der Waals surface area contributed by atoms with Gasteiger partial charge in [0.2, 0.25) is 0 Å². The van der Waals surface area contributed by atoms with E-state index < -0.39 is 6.03 Å². The van der Waals surface area contributed by atoms with E-state index in [-0.39, 0.29) is 0 Å². The van der Waals surface area contributed by atoms with Gasteiger partial charge >= 0.3 is 6.03 Å². The summed E-state index contributed by atoms with van der Waals surface area (Å²) >= 11 is 0. The van der Waals surface area contributed by atoms with Gasteiger partial charge in [-0.25, -0.2) is 4.79 Å². The van der Waals surface area contributed by atoms with Gasteiger partial charge in [0, 0.05) is 12.2 Å². The standard InChI is InChI=1S/C12H17N2O/c1-2-3-7-10-14(12(13)15)11-8-5-4-6-9-11/h4-6,8-9H,1-3,7,10H2,(H2,13,15). The Hall–Kier alpha value is -1.51. The van der Waals surface area contributed by atoms with Gasteiger partial charge in [-0.15, -0.1) is 0 Å². The first kappa shape index (κ1) is 11.6. The molecule has 1 rings (SSSR count). The Morgan fingerprint density at radius 1 is 1.27 bits per heavy atom. The Bertz CT molecular complexity index is 298. The highest BCUT2D eigenvalue weighted by Crippen LogP contribution is 2.13. The summed E-state index contributed by atoms with van der Waals surface area (Å²) in [6, 6.07) is 9.08. The summed E-state index contributed by atoms with van der Waals surface area (Å²) in [6.45, 7) is 4.43. The first-order valence-corrected chi connectivity index (χ1v) is 5.17. The molecule has 0 aliphatic rings. The number of hydrogen-bond donors (Lipinski definition) is 1. The van der Waals surface area contributed by atoms with Crippen molar-refractivity contribution >= 4 is 11.7 Å². The van der Waals surface area contributed by atoms with Crippen molar-refractivity contribution < 1.29 is 4.79 Å². The first-order chi connectivity index (χ1) is 7.25. The van der Waals surface area contributed by atoms with E-state index in [1.807, 2.05) is 30.3 Å². The van der Waals surface area contributed by atoms with Gasteiger partial charge in [-0.1, -0.05) is 38.0 Å². The summed E-state index contributed by atoms with van der Waals surface area (Å²) < 4.78 is 0. The summed E-state index contributed by atoms with van der Waals surface area (Å²) in [7, 11) is 0. The zero-order valence-electron chi connectivity index (χ0n) is 8.86. The van der Waals surface area contributed by atoms with Gasteiger partial charge in [0.25, 0.3) is 0 Å². The molecule has 2 N–H and O–H groups in total. The maximum Gasteiger partial charge on any atom is 0.319 e. The zero-order valence-corrected chi connectivity index (χ0v) is 8.86. The third-order valence-electron chi connectivity index (χ3n) is 2.22. The highest BCUT2D eigenvalue weighted by Gasteiger charge is 2.10. The number of benzene rings is 1. The Morgan fingerprint density at radius 3 is 2.47 bits per heavy atom. The Kier molecular flexibility index (Phi) is 4.68.